The molecule has 0 bridgehead atoms. The summed E-state index contributed by atoms with van der Waals surface area (Å²) in [6, 6.07) is 9.37. The Morgan fingerprint density at radius 2 is 1.90 bits per heavy atom. The van der Waals surface area contributed by atoms with Gasteiger partial charge < -0.3 is 5.32 Å². The van der Waals surface area contributed by atoms with Crippen molar-refractivity contribution in [3.05, 3.63) is 62.6 Å². The second kappa shape index (κ2) is 6.28. The lowest BCUT2D eigenvalue weighted by Gasteiger charge is -2.16. The largest absolute Gasteiger partial charge is 0.418 e. The first-order valence-electron chi connectivity index (χ1n) is 6.13. The molecule has 6 heteroatoms. The van der Waals surface area contributed by atoms with Gasteiger partial charge in [0.05, 0.1) is 16.3 Å². The Morgan fingerprint density at radius 1 is 1.19 bits per heavy atom. The molecule has 0 spiro atoms. The minimum atomic E-state index is -4.44. The standard InChI is InChI=1S/C15H12BrClF3N/c1-9-5-6-10(7-12(9)16)8-21-14-11(15(18,19)20)3-2-4-13(14)17/h2-7,21H,8H2,1H3. The first-order chi connectivity index (χ1) is 9.79. The lowest BCUT2D eigenvalue weighted by molar-refractivity contribution is -0.136. The highest BCUT2D eigenvalue weighted by molar-refractivity contribution is 9.10. The van der Waals surface area contributed by atoms with Crippen LogP contribution in [0.2, 0.25) is 5.02 Å². The Kier molecular flexibility index (Phi) is 4.84. The van der Waals surface area contributed by atoms with Crippen LogP contribution in [0.15, 0.2) is 40.9 Å². The van der Waals surface area contributed by atoms with Crippen molar-refractivity contribution in [3.8, 4) is 0 Å². The van der Waals surface area contributed by atoms with Crippen LogP contribution in [0.25, 0.3) is 0 Å². The second-order valence-corrected chi connectivity index (χ2v) is 5.86. The third kappa shape index (κ3) is 3.92. The Hall–Kier alpha value is -1.20. The van der Waals surface area contributed by atoms with Gasteiger partial charge >= 0.3 is 6.18 Å². The highest BCUT2D eigenvalue weighted by Gasteiger charge is 2.34. The molecule has 0 amide bonds. The van der Waals surface area contributed by atoms with Crippen molar-refractivity contribution in [1.29, 1.82) is 0 Å². The number of alkyl halides is 3. The summed E-state index contributed by atoms with van der Waals surface area (Å²) in [7, 11) is 0. The summed E-state index contributed by atoms with van der Waals surface area (Å²) in [5.74, 6) is 0. The van der Waals surface area contributed by atoms with Crippen LogP contribution in [0.4, 0.5) is 18.9 Å². The summed E-state index contributed by atoms with van der Waals surface area (Å²) in [5, 5.41) is 2.83. The van der Waals surface area contributed by atoms with E-state index in [0.717, 1.165) is 21.7 Å². The zero-order valence-electron chi connectivity index (χ0n) is 11.1. The maximum atomic E-state index is 13.0. The molecule has 0 fully saturated rings. The molecule has 2 aromatic carbocycles. The van der Waals surface area contributed by atoms with Gasteiger partial charge in [-0.2, -0.15) is 13.2 Å². The van der Waals surface area contributed by atoms with Crippen LogP contribution in [0.5, 0.6) is 0 Å². The Bertz CT molecular complexity index is 656. The van der Waals surface area contributed by atoms with Crippen LogP contribution in [0, 0.1) is 6.92 Å². The van der Waals surface area contributed by atoms with E-state index in [1.165, 1.54) is 12.1 Å². The minimum Gasteiger partial charge on any atom is -0.379 e. The lowest BCUT2D eigenvalue weighted by Crippen LogP contribution is -2.11. The molecule has 0 aliphatic rings. The topological polar surface area (TPSA) is 12.0 Å². The fraction of sp³-hybridized carbons (Fsp3) is 0.200. The normalized spacial score (nSPS) is 11.5. The summed E-state index contributed by atoms with van der Waals surface area (Å²) < 4.78 is 39.8. The van der Waals surface area contributed by atoms with Gasteiger partial charge in [-0.1, -0.05) is 45.7 Å². The lowest BCUT2D eigenvalue weighted by atomic mass is 10.1. The van der Waals surface area contributed by atoms with Gasteiger partial charge in [-0.05, 0) is 36.2 Å². The van der Waals surface area contributed by atoms with Crippen LogP contribution in [0.3, 0.4) is 0 Å². The third-order valence-electron chi connectivity index (χ3n) is 3.02. The fourth-order valence-corrected chi connectivity index (χ4v) is 2.54. The second-order valence-electron chi connectivity index (χ2n) is 4.60. The summed E-state index contributed by atoms with van der Waals surface area (Å²) in [6.45, 7) is 2.20. The molecule has 0 aliphatic heterocycles. The van der Waals surface area contributed by atoms with Gasteiger partial charge in [0.1, 0.15) is 0 Å². The highest BCUT2D eigenvalue weighted by atomic mass is 79.9. The van der Waals surface area contributed by atoms with Gasteiger partial charge in [0, 0.05) is 11.0 Å². The van der Waals surface area contributed by atoms with Crippen LogP contribution < -0.4 is 5.32 Å². The van der Waals surface area contributed by atoms with Crippen molar-refractivity contribution < 1.29 is 13.2 Å². The Labute approximate surface area is 134 Å². The van der Waals surface area contributed by atoms with E-state index in [4.69, 9.17) is 11.6 Å². The molecular formula is C15H12BrClF3N. The molecule has 2 rings (SSSR count). The summed E-state index contributed by atoms with van der Waals surface area (Å²) in [4.78, 5) is 0. The number of rotatable bonds is 3. The van der Waals surface area contributed by atoms with E-state index in [2.05, 4.69) is 21.2 Å². The predicted molar refractivity (Wildman–Crippen MR) is 82.7 cm³/mol. The van der Waals surface area contributed by atoms with E-state index in [1.807, 2.05) is 25.1 Å². The quantitative estimate of drug-likeness (QED) is 0.686. The average molecular weight is 379 g/mol. The minimum absolute atomic E-state index is 0.0519. The molecule has 1 N–H and O–H groups in total. The predicted octanol–water partition coefficient (Wildman–Crippen LogP) is 6.04. The van der Waals surface area contributed by atoms with Gasteiger partial charge in [-0.15, -0.1) is 0 Å². The fourth-order valence-electron chi connectivity index (χ4n) is 1.88. The van der Waals surface area contributed by atoms with Crippen molar-refractivity contribution >= 4 is 33.2 Å². The van der Waals surface area contributed by atoms with E-state index in [1.54, 1.807) is 0 Å². The molecule has 0 radical (unpaired) electrons. The van der Waals surface area contributed by atoms with E-state index in [9.17, 15) is 13.2 Å². The number of para-hydroxylation sites is 1. The maximum Gasteiger partial charge on any atom is 0.418 e. The van der Waals surface area contributed by atoms with Gasteiger partial charge in [0.15, 0.2) is 0 Å². The number of halogens is 5. The van der Waals surface area contributed by atoms with Crippen LogP contribution in [-0.2, 0) is 12.7 Å². The van der Waals surface area contributed by atoms with Crippen molar-refractivity contribution in [2.24, 2.45) is 0 Å². The number of aryl methyl sites for hydroxylation is 1. The van der Waals surface area contributed by atoms with Gasteiger partial charge in [0.25, 0.3) is 0 Å². The number of anilines is 1. The van der Waals surface area contributed by atoms with Crippen LogP contribution in [0.1, 0.15) is 16.7 Å². The molecule has 0 aromatic heterocycles. The summed E-state index contributed by atoms with van der Waals surface area (Å²) >= 11 is 9.29. The summed E-state index contributed by atoms with van der Waals surface area (Å²) in [5.41, 5.74) is 1.07. The van der Waals surface area contributed by atoms with Crippen LogP contribution >= 0.6 is 27.5 Å². The Morgan fingerprint density at radius 3 is 2.52 bits per heavy atom. The molecule has 0 aliphatic carbocycles. The molecule has 0 saturated heterocycles. The van der Waals surface area contributed by atoms with Crippen molar-refractivity contribution in [1.82, 2.24) is 0 Å². The highest BCUT2D eigenvalue weighted by Crippen LogP contribution is 2.38. The molecule has 112 valence electrons. The van der Waals surface area contributed by atoms with E-state index < -0.39 is 11.7 Å². The first kappa shape index (κ1) is 16.2. The molecular weight excluding hydrogens is 367 g/mol. The van der Waals surface area contributed by atoms with E-state index >= 15 is 0 Å². The van der Waals surface area contributed by atoms with Crippen molar-refractivity contribution in [2.45, 2.75) is 19.6 Å². The third-order valence-corrected chi connectivity index (χ3v) is 4.19. The number of benzene rings is 2. The van der Waals surface area contributed by atoms with Gasteiger partial charge in [0.2, 0.25) is 0 Å². The Balaban J connectivity index is 2.25. The maximum absolute atomic E-state index is 13.0. The zero-order valence-corrected chi connectivity index (χ0v) is 13.4. The van der Waals surface area contributed by atoms with E-state index in [-0.39, 0.29) is 17.3 Å². The van der Waals surface area contributed by atoms with E-state index in [0.29, 0.717) is 0 Å². The first-order valence-corrected chi connectivity index (χ1v) is 7.31. The summed E-state index contributed by atoms with van der Waals surface area (Å²) in [6.07, 6.45) is -4.44. The number of hydrogen-bond acceptors (Lipinski definition) is 1. The van der Waals surface area contributed by atoms with Gasteiger partial charge in [-0.3, -0.25) is 0 Å². The van der Waals surface area contributed by atoms with Gasteiger partial charge in [-0.25, -0.2) is 0 Å². The monoisotopic (exact) mass is 377 g/mol. The van der Waals surface area contributed by atoms with Crippen LogP contribution in [-0.4, -0.2) is 0 Å². The molecule has 0 heterocycles. The number of hydrogen-bond donors (Lipinski definition) is 1. The SMILES string of the molecule is Cc1ccc(CNc2c(Cl)cccc2C(F)(F)F)cc1Br. The molecule has 2 aromatic rings. The molecule has 21 heavy (non-hydrogen) atoms. The average Bonchev–Trinajstić information content (AvgIpc) is 2.40. The molecule has 1 nitrogen and oxygen atoms in total. The zero-order chi connectivity index (χ0) is 15.6. The molecule has 0 unspecified atom stereocenters. The van der Waals surface area contributed by atoms with Crippen molar-refractivity contribution in [2.75, 3.05) is 5.32 Å². The molecule has 0 atom stereocenters. The number of nitrogens with one attached hydrogen (secondary N) is 1. The smallest absolute Gasteiger partial charge is 0.379 e. The molecule has 0 saturated carbocycles. The van der Waals surface area contributed by atoms with Crippen molar-refractivity contribution in [3.63, 3.8) is 0 Å².